The maximum absolute atomic E-state index is 11.5. The van der Waals surface area contributed by atoms with Crippen molar-refractivity contribution < 1.29 is 24.0 Å². The Morgan fingerprint density at radius 3 is 2.54 bits per heavy atom. The molecule has 0 unspecified atom stereocenters. The first-order valence-corrected chi connectivity index (χ1v) is 7.86. The van der Waals surface area contributed by atoms with Gasteiger partial charge in [-0.25, -0.2) is 9.78 Å². The molecule has 0 atom stereocenters. The average molecular weight is 419 g/mol. The van der Waals surface area contributed by atoms with Gasteiger partial charge in [0.05, 0.1) is 7.11 Å². The van der Waals surface area contributed by atoms with E-state index in [2.05, 4.69) is 20.2 Å². The smallest absolute Gasteiger partial charge is 0.352 e. The van der Waals surface area contributed by atoms with Gasteiger partial charge in [0, 0.05) is 5.38 Å². The summed E-state index contributed by atoms with van der Waals surface area (Å²) in [5.74, 6) is -1.37. The fourth-order valence-corrected chi connectivity index (χ4v) is 2.13. The zero-order valence-electron chi connectivity index (χ0n) is 12.8. The minimum atomic E-state index is -1.42. The summed E-state index contributed by atoms with van der Waals surface area (Å²) in [5, 5.41) is 6.72. The van der Waals surface area contributed by atoms with Gasteiger partial charge in [-0.15, -0.1) is 35.3 Å². The predicted octanol–water partition coefficient (Wildman–Crippen LogP) is 2.18. The van der Waals surface area contributed by atoms with Crippen LogP contribution in [0.2, 0.25) is 0 Å². The molecule has 0 fully saturated rings. The number of carbonyl (C=O) groups is 3. The van der Waals surface area contributed by atoms with Gasteiger partial charge in [0.2, 0.25) is 11.5 Å². The number of hydrogen-bond acceptors (Lipinski definition) is 8. The maximum atomic E-state index is 11.5. The van der Waals surface area contributed by atoms with E-state index in [9.17, 15) is 14.4 Å². The normalized spacial score (nSPS) is 11.3. The largest absolute Gasteiger partial charge is 0.466 e. The quantitative estimate of drug-likeness (QED) is 0.239. The van der Waals surface area contributed by atoms with E-state index in [1.54, 1.807) is 0 Å². The first-order valence-electron chi connectivity index (χ1n) is 6.07. The highest BCUT2D eigenvalue weighted by molar-refractivity contribution is 7.14. The lowest BCUT2D eigenvalue weighted by atomic mass is 10.1. The lowest BCUT2D eigenvalue weighted by Crippen LogP contribution is -2.35. The minimum Gasteiger partial charge on any atom is -0.466 e. The van der Waals surface area contributed by atoms with E-state index < -0.39 is 22.7 Å². The van der Waals surface area contributed by atoms with Gasteiger partial charge in [-0.3, -0.25) is 9.59 Å². The molecule has 0 aromatic carbocycles. The number of aromatic nitrogens is 1. The zero-order chi connectivity index (χ0) is 17.6. The van der Waals surface area contributed by atoms with Gasteiger partial charge >= 0.3 is 5.97 Å². The van der Waals surface area contributed by atoms with Gasteiger partial charge in [-0.05, 0) is 25.4 Å². The van der Waals surface area contributed by atoms with Crippen LogP contribution in [-0.2, 0) is 24.0 Å². The lowest BCUT2D eigenvalue weighted by Gasteiger charge is -2.18. The molecule has 8 nitrogen and oxygen atoms in total. The molecule has 0 aliphatic rings. The third-order valence-electron chi connectivity index (χ3n) is 2.34. The number of oxime groups is 1. The Morgan fingerprint density at radius 1 is 1.42 bits per heavy atom. The monoisotopic (exact) mass is 417 g/mol. The van der Waals surface area contributed by atoms with Gasteiger partial charge in [0.15, 0.2) is 10.8 Å². The topological polar surface area (TPSA) is 107 Å². The van der Waals surface area contributed by atoms with Gasteiger partial charge in [0.25, 0.3) is 5.24 Å². The number of nitrogens with one attached hydrogen (secondary N) is 1. The molecule has 1 aromatic rings. The van der Waals surface area contributed by atoms with Crippen molar-refractivity contribution >= 4 is 74.9 Å². The van der Waals surface area contributed by atoms with E-state index in [4.69, 9.17) is 28.0 Å². The molecule has 0 aliphatic carbocycles. The molecular weight excluding hydrogens is 405 g/mol. The molecule has 134 valence electrons. The van der Waals surface area contributed by atoms with Crippen molar-refractivity contribution in [3.05, 3.63) is 11.1 Å². The number of anilines is 1. The molecular formula is C12H14Cl3N3O5S. The van der Waals surface area contributed by atoms with Crippen LogP contribution in [-0.4, -0.2) is 46.4 Å². The standard InChI is InChI=1S/C12H13Cl2N3O5S.ClH/c1-12(2,10(20)21-3)22-17-8(9(14)19)6-5-23-11(15-6)16-7(18)4-13;/h5H,4H2,1-3H3,(H,15,16,18);1H/b17-8-;. The van der Waals surface area contributed by atoms with E-state index >= 15 is 0 Å². The molecule has 12 heteroatoms. The summed E-state index contributed by atoms with van der Waals surface area (Å²) in [6.07, 6.45) is 0. The Morgan fingerprint density at radius 2 is 2.04 bits per heavy atom. The lowest BCUT2D eigenvalue weighted by molar-refractivity contribution is -0.165. The first kappa shape index (κ1) is 22.6. The van der Waals surface area contributed by atoms with Crippen molar-refractivity contribution in [1.82, 2.24) is 4.98 Å². The maximum Gasteiger partial charge on any atom is 0.352 e. The summed E-state index contributed by atoms with van der Waals surface area (Å²) < 4.78 is 4.55. The molecule has 0 saturated carbocycles. The SMILES string of the molecule is COC(=O)C(C)(C)O/N=C(\C(=O)Cl)c1csc(NC(=O)CCl)n1.Cl. The minimum absolute atomic E-state index is 0. The van der Waals surface area contributed by atoms with Crippen LogP contribution in [0.4, 0.5) is 5.13 Å². The van der Waals surface area contributed by atoms with Crippen molar-refractivity contribution in [3.8, 4) is 0 Å². The number of rotatable bonds is 7. The van der Waals surface area contributed by atoms with Crippen LogP contribution < -0.4 is 5.32 Å². The molecule has 1 amide bonds. The highest BCUT2D eigenvalue weighted by Crippen LogP contribution is 2.19. The van der Waals surface area contributed by atoms with E-state index in [1.165, 1.54) is 26.3 Å². The second kappa shape index (κ2) is 9.77. The van der Waals surface area contributed by atoms with Crippen molar-refractivity contribution in [3.63, 3.8) is 0 Å². The Labute approximate surface area is 157 Å². The number of thiazole rings is 1. The Bertz CT molecular complexity index is 648. The van der Waals surface area contributed by atoms with E-state index in [-0.39, 0.29) is 34.8 Å². The third-order valence-corrected chi connectivity index (χ3v) is 3.52. The zero-order valence-corrected chi connectivity index (χ0v) is 15.9. The molecule has 1 N–H and O–H groups in total. The fourth-order valence-electron chi connectivity index (χ4n) is 1.22. The average Bonchev–Trinajstić information content (AvgIpc) is 2.93. The molecule has 0 spiro atoms. The number of alkyl halides is 1. The van der Waals surface area contributed by atoms with E-state index in [0.29, 0.717) is 0 Å². The number of esters is 1. The number of ether oxygens (including phenoxy) is 1. The number of hydrogen-bond donors (Lipinski definition) is 1. The Kier molecular flexibility index (Phi) is 9.20. The summed E-state index contributed by atoms with van der Waals surface area (Å²) in [6.45, 7) is 2.82. The summed E-state index contributed by atoms with van der Waals surface area (Å²) in [7, 11) is 1.19. The van der Waals surface area contributed by atoms with Crippen LogP contribution in [0.1, 0.15) is 19.5 Å². The summed E-state index contributed by atoms with van der Waals surface area (Å²) in [6, 6.07) is 0. The van der Waals surface area contributed by atoms with Crippen LogP contribution in [0.5, 0.6) is 0 Å². The molecule has 0 saturated heterocycles. The number of methoxy groups -OCH3 is 1. The Balaban J connectivity index is 0.00000529. The van der Waals surface area contributed by atoms with Gasteiger partial charge in [-0.1, -0.05) is 5.16 Å². The molecule has 0 bridgehead atoms. The molecule has 1 heterocycles. The van der Waals surface area contributed by atoms with Crippen molar-refractivity contribution in [1.29, 1.82) is 0 Å². The van der Waals surface area contributed by atoms with E-state index in [1.807, 2.05) is 0 Å². The summed E-state index contributed by atoms with van der Waals surface area (Å²) in [5.41, 5.74) is -1.65. The van der Waals surface area contributed by atoms with E-state index in [0.717, 1.165) is 11.3 Å². The van der Waals surface area contributed by atoms with Crippen LogP contribution in [0.25, 0.3) is 0 Å². The molecule has 1 aromatic heterocycles. The molecule has 1 rings (SSSR count). The number of amides is 1. The second-order valence-electron chi connectivity index (χ2n) is 4.53. The van der Waals surface area contributed by atoms with Crippen molar-refractivity contribution in [2.75, 3.05) is 18.3 Å². The number of carbonyl (C=O) groups excluding carboxylic acids is 3. The number of nitrogens with zero attached hydrogens (tertiary/aromatic N) is 2. The first-order chi connectivity index (χ1) is 10.7. The molecule has 0 radical (unpaired) electrons. The van der Waals surface area contributed by atoms with Gasteiger partial charge < -0.3 is 14.9 Å². The number of halogens is 3. The highest BCUT2D eigenvalue weighted by Gasteiger charge is 2.32. The van der Waals surface area contributed by atoms with Crippen molar-refractivity contribution in [2.24, 2.45) is 5.16 Å². The predicted molar refractivity (Wildman–Crippen MR) is 93.3 cm³/mol. The van der Waals surface area contributed by atoms with Gasteiger partial charge in [0.1, 0.15) is 11.6 Å². The summed E-state index contributed by atoms with van der Waals surface area (Å²) >= 11 is 11.9. The van der Waals surface area contributed by atoms with Gasteiger partial charge in [-0.2, -0.15) is 0 Å². The fraction of sp³-hybridized carbons (Fsp3) is 0.417. The summed E-state index contributed by atoms with van der Waals surface area (Å²) in [4.78, 5) is 43.2. The van der Waals surface area contributed by atoms with Crippen LogP contribution >= 0.6 is 46.9 Å². The molecule has 24 heavy (non-hydrogen) atoms. The van der Waals surface area contributed by atoms with Crippen LogP contribution in [0, 0.1) is 0 Å². The van der Waals surface area contributed by atoms with Crippen molar-refractivity contribution in [2.45, 2.75) is 19.4 Å². The molecule has 0 aliphatic heterocycles. The Hall–Kier alpha value is -1.42. The highest BCUT2D eigenvalue weighted by atomic mass is 35.5. The van der Waals surface area contributed by atoms with Crippen LogP contribution in [0.3, 0.4) is 0 Å². The third kappa shape index (κ3) is 6.23. The van der Waals surface area contributed by atoms with Crippen LogP contribution in [0.15, 0.2) is 10.5 Å². The second-order valence-corrected chi connectivity index (χ2v) is 6.00.